The molecule has 0 spiro atoms. The van der Waals surface area contributed by atoms with Crippen molar-refractivity contribution in [3.63, 3.8) is 0 Å². The van der Waals surface area contributed by atoms with Crippen molar-refractivity contribution in [2.24, 2.45) is 0 Å². The summed E-state index contributed by atoms with van der Waals surface area (Å²) in [5, 5.41) is 0. The van der Waals surface area contributed by atoms with Gasteiger partial charge in [-0.05, 0) is 6.92 Å². The summed E-state index contributed by atoms with van der Waals surface area (Å²) in [6.07, 6.45) is 0.396. The Morgan fingerprint density at radius 2 is 2.00 bits per heavy atom. The Kier molecular flexibility index (Phi) is 6.96. The molecule has 0 amide bonds. The monoisotopic (exact) mass is 225 g/mol. The van der Waals surface area contributed by atoms with Crippen LogP contribution < -0.4 is 0 Å². The van der Waals surface area contributed by atoms with E-state index in [0.717, 1.165) is 16.8 Å². The van der Waals surface area contributed by atoms with Gasteiger partial charge >= 0.3 is 7.00 Å². The van der Waals surface area contributed by atoms with Crippen molar-refractivity contribution in [3.05, 3.63) is 0 Å². The minimum absolute atomic E-state index is 0.396. The van der Waals surface area contributed by atoms with Gasteiger partial charge in [0.1, 0.15) is 11.4 Å². The summed E-state index contributed by atoms with van der Waals surface area (Å²) in [6.45, 7) is 3.61. The molecule has 0 heterocycles. The van der Waals surface area contributed by atoms with Gasteiger partial charge in [0.2, 0.25) is 0 Å². The maximum Gasteiger partial charge on any atom is 0.439 e. The van der Waals surface area contributed by atoms with Crippen LogP contribution in [-0.2, 0) is 9.30 Å². The predicted octanol–water partition coefficient (Wildman–Crippen LogP) is 2.16. The molecule has 0 aromatic rings. The van der Waals surface area contributed by atoms with E-state index >= 15 is 0 Å². The highest BCUT2D eigenvalue weighted by atomic mass is 32.7. The second kappa shape index (κ2) is 6.77. The Labute approximate surface area is 86.0 Å². The Balaban J connectivity index is 3.37. The van der Waals surface area contributed by atoms with Crippen molar-refractivity contribution in [2.45, 2.75) is 6.92 Å². The summed E-state index contributed by atoms with van der Waals surface area (Å²) in [7, 11) is 5.20. The van der Waals surface area contributed by atoms with E-state index in [0.29, 0.717) is 13.0 Å². The molecular weight excluding hydrogens is 205 g/mol. The number of quaternary nitrogens is 1. The number of hydrogen-bond acceptors (Lipinski definition) is 3. The van der Waals surface area contributed by atoms with Gasteiger partial charge in [-0.15, -0.1) is 0 Å². The molecule has 0 bridgehead atoms. The molecule has 5 heteroatoms. The first-order chi connectivity index (χ1) is 5.95. The van der Waals surface area contributed by atoms with Crippen LogP contribution in [0, 0.1) is 0 Å². The molecule has 13 heavy (non-hydrogen) atoms. The number of rotatable bonds is 7. The fraction of sp³-hybridized carbons (Fsp3) is 1.00. The molecule has 0 N–H and O–H groups in total. The molecular formula is C8H20NO2PS+2. The zero-order chi connectivity index (χ0) is 10.3. The highest BCUT2D eigenvalue weighted by Crippen LogP contribution is 2.37. The standard InChI is InChI=1S/C8H20NO2PS/c1-5-11-8-12(10)13-7-6-9(2,3)4/h5-8H2,1-4H3/q+2. The molecule has 1 unspecified atom stereocenters. The molecule has 0 aliphatic heterocycles. The van der Waals surface area contributed by atoms with Crippen molar-refractivity contribution >= 4 is 18.4 Å². The van der Waals surface area contributed by atoms with Crippen LogP contribution in [0.3, 0.4) is 0 Å². The van der Waals surface area contributed by atoms with Gasteiger partial charge in [-0.2, -0.15) is 0 Å². The first kappa shape index (κ1) is 13.4. The molecule has 0 aromatic heterocycles. The molecule has 0 fully saturated rings. The molecule has 0 saturated carbocycles. The first-order valence-corrected chi connectivity index (χ1v) is 7.45. The third-order valence-electron chi connectivity index (χ3n) is 1.40. The lowest BCUT2D eigenvalue weighted by Crippen LogP contribution is -2.36. The van der Waals surface area contributed by atoms with Gasteiger partial charge in [0.15, 0.2) is 0 Å². The van der Waals surface area contributed by atoms with Crippen molar-refractivity contribution in [3.8, 4) is 0 Å². The molecule has 3 nitrogen and oxygen atoms in total. The number of nitrogens with zero attached hydrogens (tertiary/aromatic N) is 1. The van der Waals surface area contributed by atoms with E-state index in [2.05, 4.69) is 21.1 Å². The molecule has 0 aromatic carbocycles. The fourth-order valence-corrected chi connectivity index (χ4v) is 3.16. The molecule has 0 saturated heterocycles. The largest absolute Gasteiger partial charge is 0.439 e. The molecule has 0 aliphatic rings. The second-order valence-electron chi connectivity index (χ2n) is 3.80. The SMILES string of the molecule is CCOC[P+](=O)SCC[N+](C)(C)C. The van der Waals surface area contributed by atoms with Gasteiger partial charge in [-0.3, -0.25) is 0 Å². The smallest absolute Gasteiger partial charge is 0.337 e. The van der Waals surface area contributed by atoms with Crippen molar-refractivity contribution in [1.82, 2.24) is 0 Å². The first-order valence-electron chi connectivity index (χ1n) is 4.41. The predicted molar refractivity (Wildman–Crippen MR) is 59.5 cm³/mol. The van der Waals surface area contributed by atoms with Crippen LogP contribution in [0.4, 0.5) is 0 Å². The van der Waals surface area contributed by atoms with Gasteiger partial charge < -0.3 is 9.22 Å². The quantitative estimate of drug-likeness (QED) is 0.490. The normalized spacial score (nSPS) is 13.1. The van der Waals surface area contributed by atoms with Crippen molar-refractivity contribution in [2.75, 3.05) is 46.4 Å². The van der Waals surface area contributed by atoms with Crippen LogP contribution in [0.2, 0.25) is 0 Å². The second-order valence-corrected chi connectivity index (χ2v) is 7.39. The third-order valence-corrected chi connectivity index (χ3v) is 4.17. The lowest BCUT2D eigenvalue weighted by atomic mass is 10.6. The maximum atomic E-state index is 11.3. The van der Waals surface area contributed by atoms with Crippen LogP contribution in [0.5, 0.6) is 0 Å². The van der Waals surface area contributed by atoms with Gasteiger partial charge in [0.25, 0.3) is 6.35 Å². The topological polar surface area (TPSA) is 26.3 Å². The Hall–Kier alpha value is 0.370. The minimum Gasteiger partial charge on any atom is -0.337 e. The summed E-state index contributed by atoms with van der Waals surface area (Å²) in [4.78, 5) is 0. The number of hydrogen-bond donors (Lipinski definition) is 0. The minimum atomic E-state index is -1.21. The van der Waals surface area contributed by atoms with Gasteiger partial charge in [-0.25, -0.2) is 0 Å². The van der Waals surface area contributed by atoms with Gasteiger partial charge in [0, 0.05) is 6.61 Å². The van der Waals surface area contributed by atoms with Crippen molar-refractivity contribution < 1.29 is 13.8 Å². The highest BCUT2D eigenvalue weighted by Gasteiger charge is 2.19. The third kappa shape index (κ3) is 10.3. The Morgan fingerprint density at radius 3 is 2.46 bits per heavy atom. The van der Waals surface area contributed by atoms with E-state index in [-0.39, 0.29) is 0 Å². The summed E-state index contributed by atoms with van der Waals surface area (Å²) < 4.78 is 17.3. The van der Waals surface area contributed by atoms with Crippen LogP contribution in [0.15, 0.2) is 0 Å². The van der Waals surface area contributed by atoms with Crippen molar-refractivity contribution in [1.29, 1.82) is 0 Å². The lowest BCUT2D eigenvalue weighted by Gasteiger charge is -2.22. The van der Waals surface area contributed by atoms with E-state index in [1.54, 1.807) is 0 Å². The summed E-state index contributed by atoms with van der Waals surface area (Å²) in [5.74, 6) is 0.936. The average Bonchev–Trinajstić information content (AvgIpc) is 1.98. The van der Waals surface area contributed by atoms with Gasteiger partial charge in [-0.1, -0.05) is 4.57 Å². The van der Waals surface area contributed by atoms with Gasteiger partial charge in [0.05, 0.1) is 33.4 Å². The molecule has 0 rings (SSSR count). The Morgan fingerprint density at radius 1 is 1.38 bits per heavy atom. The van der Waals surface area contributed by atoms with E-state index in [9.17, 15) is 4.57 Å². The van der Waals surface area contributed by atoms with Crippen LogP contribution >= 0.6 is 18.4 Å². The summed E-state index contributed by atoms with van der Waals surface area (Å²) in [6, 6.07) is 0. The molecule has 0 radical (unpaired) electrons. The number of ether oxygens (including phenoxy) is 1. The zero-order valence-electron chi connectivity index (χ0n) is 8.95. The van der Waals surface area contributed by atoms with E-state index in [1.165, 1.54) is 11.4 Å². The van der Waals surface area contributed by atoms with E-state index < -0.39 is 7.00 Å². The molecule has 1 atom stereocenters. The summed E-state index contributed by atoms with van der Waals surface area (Å²) >= 11 is 1.51. The van der Waals surface area contributed by atoms with Crippen LogP contribution in [0.1, 0.15) is 6.92 Å². The van der Waals surface area contributed by atoms with Crippen LogP contribution in [0.25, 0.3) is 0 Å². The molecule has 78 valence electrons. The zero-order valence-corrected chi connectivity index (χ0v) is 10.7. The molecule has 0 aliphatic carbocycles. The van der Waals surface area contributed by atoms with Crippen LogP contribution in [-0.4, -0.2) is 50.9 Å². The lowest BCUT2D eigenvalue weighted by molar-refractivity contribution is -0.867. The Bertz CT molecular complexity index is 159. The van der Waals surface area contributed by atoms with E-state index in [1.807, 2.05) is 6.92 Å². The average molecular weight is 225 g/mol. The maximum absolute atomic E-state index is 11.3. The highest BCUT2D eigenvalue weighted by molar-refractivity contribution is 8.51. The fourth-order valence-electron chi connectivity index (χ4n) is 0.620. The van der Waals surface area contributed by atoms with E-state index in [4.69, 9.17) is 4.74 Å². The summed E-state index contributed by atoms with van der Waals surface area (Å²) in [5.41, 5.74) is 0.